The van der Waals surface area contributed by atoms with E-state index >= 15 is 0 Å². The van der Waals surface area contributed by atoms with E-state index in [-0.39, 0.29) is 18.2 Å². The third kappa shape index (κ3) is 5.64. The Morgan fingerprint density at radius 1 is 1.24 bits per heavy atom. The molecule has 0 fully saturated rings. The lowest BCUT2D eigenvalue weighted by Crippen LogP contribution is -2.16. The molecule has 0 aliphatic carbocycles. The molecular formula is C20H24N2O3. The van der Waals surface area contributed by atoms with Crippen LogP contribution in [0.3, 0.4) is 0 Å². The number of carbonyl (C=O) groups excluding carboxylic acids is 1. The van der Waals surface area contributed by atoms with Gasteiger partial charge in [0.25, 0.3) is 0 Å². The lowest BCUT2D eigenvalue weighted by Gasteiger charge is -2.08. The Hall–Kier alpha value is -2.82. The third-order valence-electron chi connectivity index (χ3n) is 3.61. The Morgan fingerprint density at radius 2 is 2.04 bits per heavy atom. The van der Waals surface area contributed by atoms with Gasteiger partial charge in [-0.05, 0) is 36.6 Å². The Balaban J connectivity index is 1.93. The molecule has 25 heavy (non-hydrogen) atoms. The predicted molar refractivity (Wildman–Crippen MR) is 101 cm³/mol. The highest BCUT2D eigenvalue weighted by Gasteiger charge is 2.05. The number of aryl methyl sites for hydroxylation is 1. The fraction of sp³-hybridized carbons (Fsp3) is 0.300. The van der Waals surface area contributed by atoms with E-state index in [1.165, 1.54) is 6.21 Å². The van der Waals surface area contributed by atoms with E-state index in [4.69, 9.17) is 4.74 Å². The first-order valence-corrected chi connectivity index (χ1v) is 8.47. The smallest absolute Gasteiger partial charge is 0.246 e. The van der Waals surface area contributed by atoms with E-state index < -0.39 is 0 Å². The molecule has 2 aromatic carbocycles. The number of phenolic OH excluding ortho intramolecular Hbond substituents is 1. The molecule has 1 amide bonds. The fourth-order valence-electron chi connectivity index (χ4n) is 2.31. The molecule has 0 saturated carbocycles. The molecule has 2 aromatic rings. The Kier molecular flexibility index (Phi) is 7.01. The lowest BCUT2D eigenvalue weighted by molar-refractivity contribution is -0.114. The minimum absolute atomic E-state index is 0.00836. The fourth-order valence-corrected chi connectivity index (χ4v) is 2.31. The van der Waals surface area contributed by atoms with Crippen molar-refractivity contribution in [2.45, 2.75) is 26.7 Å². The molecule has 2 rings (SSSR count). The number of aromatic hydroxyl groups is 1. The number of hydrogen-bond acceptors (Lipinski definition) is 4. The van der Waals surface area contributed by atoms with E-state index in [1.54, 1.807) is 18.2 Å². The van der Waals surface area contributed by atoms with E-state index in [2.05, 4.69) is 10.3 Å². The van der Waals surface area contributed by atoms with Gasteiger partial charge >= 0.3 is 0 Å². The standard InChI is InChI=1S/C20H24N2O3/c1-3-11-25-17-10-9-16(19(23)12-17)13-21-14-20(24)22-18-8-6-5-7-15(18)4-2/h5-10,12-13,23H,3-4,11,14H2,1-2H3,(H,22,24). The number of aliphatic imine (C=N–C) groups is 1. The number of hydrogen-bond donors (Lipinski definition) is 2. The highest BCUT2D eigenvalue weighted by atomic mass is 16.5. The quantitative estimate of drug-likeness (QED) is 0.718. The molecule has 0 heterocycles. The van der Waals surface area contributed by atoms with Crippen LogP contribution in [0.4, 0.5) is 5.69 Å². The lowest BCUT2D eigenvalue weighted by atomic mass is 10.1. The topological polar surface area (TPSA) is 70.9 Å². The number of nitrogens with zero attached hydrogens (tertiary/aromatic N) is 1. The van der Waals surface area contributed by atoms with Crippen LogP contribution in [-0.2, 0) is 11.2 Å². The van der Waals surface area contributed by atoms with E-state index in [0.717, 1.165) is 24.1 Å². The van der Waals surface area contributed by atoms with Crippen LogP contribution in [0.5, 0.6) is 11.5 Å². The second-order valence-electron chi connectivity index (χ2n) is 5.60. The van der Waals surface area contributed by atoms with Crippen molar-refractivity contribution in [1.82, 2.24) is 0 Å². The number of phenols is 1. The van der Waals surface area contributed by atoms with Gasteiger partial charge in [0.2, 0.25) is 5.91 Å². The summed E-state index contributed by atoms with van der Waals surface area (Å²) in [4.78, 5) is 16.1. The van der Waals surface area contributed by atoms with Crippen LogP contribution in [0.25, 0.3) is 0 Å². The van der Waals surface area contributed by atoms with Gasteiger partial charge in [0.1, 0.15) is 18.0 Å². The van der Waals surface area contributed by atoms with Gasteiger partial charge in [-0.25, -0.2) is 0 Å². The first-order chi connectivity index (χ1) is 12.1. The maximum Gasteiger partial charge on any atom is 0.246 e. The summed E-state index contributed by atoms with van der Waals surface area (Å²) in [5.41, 5.74) is 2.44. The molecule has 0 bridgehead atoms. The number of anilines is 1. The zero-order valence-electron chi connectivity index (χ0n) is 14.7. The molecule has 132 valence electrons. The van der Waals surface area contributed by atoms with Gasteiger partial charge in [0, 0.05) is 23.5 Å². The molecule has 0 aliphatic rings. The van der Waals surface area contributed by atoms with Gasteiger partial charge < -0.3 is 15.2 Å². The zero-order valence-corrected chi connectivity index (χ0v) is 14.7. The summed E-state index contributed by atoms with van der Waals surface area (Å²) in [6.45, 7) is 4.66. The van der Waals surface area contributed by atoms with Gasteiger partial charge in [-0.2, -0.15) is 0 Å². The molecule has 0 radical (unpaired) electrons. The Morgan fingerprint density at radius 3 is 2.76 bits per heavy atom. The van der Waals surface area contributed by atoms with Crippen molar-refractivity contribution in [3.63, 3.8) is 0 Å². The van der Waals surface area contributed by atoms with E-state index in [0.29, 0.717) is 17.9 Å². The van der Waals surface area contributed by atoms with Gasteiger partial charge in [-0.1, -0.05) is 32.0 Å². The van der Waals surface area contributed by atoms with Crippen molar-refractivity contribution in [2.75, 3.05) is 18.5 Å². The summed E-state index contributed by atoms with van der Waals surface area (Å²) in [7, 11) is 0. The maximum atomic E-state index is 12.0. The highest BCUT2D eigenvalue weighted by Crippen LogP contribution is 2.22. The van der Waals surface area contributed by atoms with Crippen molar-refractivity contribution in [1.29, 1.82) is 0 Å². The average Bonchev–Trinajstić information content (AvgIpc) is 2.62. The molecule has 0 spiro atoms. The van der Waals surface area contributed by atoms with Crippen LogP contribution in [0.1, 0.15) is 31.4 Å². The van der Waals surface area contributed by atoms with Crippen molar-refractivity contribution >= 4 is 17.8 Å². The number of nitrogens with one attached hydrogen (secondary N) is 1. The predicted octanol–water partition coefficient (Wildman–Crippen LogP) is 3.80. The minimum Gasteiger partial charge on any atom is -0.507 e. The average molecular weight is 340 g/mol. The highest BCUT2D eigenvalue weighted by molar-refractivity contribution is 5.94. The van der Waals surface area contributed by atoms with E-state index in [1.807, 2.05) is 38.1 Å². The van der Waals surface area contributed by atoms with Crippen molar-refractivity contribution in [3.8, 4) is 11.5 Å². The summed E-state index contributed by atoms with van der Waals surface area (Å²) in [6.07, 6.45) is 3.24. The Labute approximate surface area is 148 Å². The normalized spacial score (nSPS) is 10.8. The molecule has 0 unspecified atom stereocenters. The van der Waals surface area contributed by atoms with Crippen LogP contribution in [0.2, 0.25) is 0 Å². The second-order valence-corrected chi connectivity index (χ2v) is 5.60. The molecule has 2 N–H and O–H groups in total. The SMILES string of the molecule is CCCOc1ccc(C=NCC(=O)Nc2ccccc2CC)c(O)c1. The molecule has 0 atom stereocenters. The number of para-hydroxylation sites is 1. The van der Waals surface area contributed by atoms with Crippen LogP contribution >= 0.6 is 0 Å². The minimum atomic E-state index is -0.195. The summed E-state index contributed by atoms with van der Waals surface area (Å²) in [6, 6.07) is 12.7. The van der Waals surface area contributed by atoms with Gasteiger partial charge in [-0.3, -0.25) is 9.79 Å². The molecule has 0 saturated heterocycles. The zero-order chi connectivity index (χ0) is 18.1. The van der Waals surface area contributed by atoms with Crippen molar-refractivity contribution in [3.05, 3.63) is 53.6 Å². The molecule has 0 aliphatic heterocycles. The summed E-state index contributed by atoms with van der Waals surface area (Å²) in [5, 5.41) is 12.8. The van der Waals surface area contributed by atoms with Crippen LogP contribution in [0, 0.1) is 0 Å². The summed E-state index contributed by atoms with van der Waals surface area (Å²) < 4.78 is 5.45. The number of benzene rings is 2. The largest absolute Gasteiger partial charge is 0.507 e. The third-order valence-corrected chi connectivity index (χ3v) is 3.61. The summed E-state index contributed by atoms with van der Waals surface area (Å²) in [5.74, 6) is 0.499. The van der Waals surface area contributed by atoms with Gasteiger partial charge in [0.05, 0.1) is 6.61 Å². The summed E-state index contributed by atoms with van der Waals surface area (Å²) >= 11 is 0. The van der Waals surface area contributed by atoms with Crippen LogP contribution in [0.15, 0.2) is 47.5 Å². The second kappa shape index (κ2) is 9.47. The molecular weight excluding hydrogens is 316 g/mol. The number of carbonyl (C=O) groups is 1. The number of ether oxygens (including phenoxy) is 1. The van der Waals surface area contributed by atoms with Gasteiger partial charge in [-0.15, -0.1) is 0 Å². The monoisotopic (exact) mass is 340 g/mol. The molecule has 0 aromatic heterocycles. The Bertz CT molecular complexity index is 741. The molecule has 5 heteroatoms. The number of amides is 1. The van der Waals surface area contributed by atoms with E-state index in [9.17, 15) is 9.90 Å². The first-order valence-electron chi connectivity index (χ1n) is 8.47. The maximum absolute atomic E-state index is 12.0. The molecule has 5 nitrogen and oxygen atoms in total. The van der Waals surface area contributed by atoms with Crippen LogP contribution in [-0.4, -0.2) is 30.4 Å². The van der Waals surface area contributed by atoms with Crippen molar-refractivity contribution in [2.24, 2.45) is 4.99 Å². The van der Waals surface area contributed by atoms with Gasteiger partial charge in [0.15, 0.2) is 0 Å². The first kappa shape index (κ1) is 18.5. The van der Waals surface area contributed by atoms with Crippen molar-refractivity contribution < 1.29 is 14.6 Å². The number of rotatable bonds is 8. The van der Waals surface area contributed by atoms with Crippen LogP contribution < -0.4 is 10.1 Å².